The number of hydrogen-bond acceptors (Lipinski definition) is 2. The molecule has 1 atom stereocenters. The highest BCUT2D eigenvalue weighted by Gasteiger charge is 2.13. The molecule has 0 rings (SSSR count). The van der Waals surface area contributed by atoms with Gasteiger partial charge in [-0.1, -0.05) is 34.1 Å². The molecule has 0 aliphatic heterocycles. The van der Waals surface area contributed by atoms with E-state index in [0.29, 0.717) is 5.41 Å². The van der Waals surface area contributed by atoms with Gasteiger partial charge < -0.3 is 11.1 Å². The van der Waals surface area contributed by atoms with Crippen LogP contribution in [-0.4, -0.2) is 19.6 Å². The van der Waals surface area contributed by atoms with E-state index in [2.05, 4.69) is 33.0 Å². The van der Waals surface area contributed by atoms with Crippen LogP contribution in [0.5, 0.6) is 0 Å². The average molecular weight is 228 g/mol. The van der Waals surface area contributed by atoms with E-state index in [-0.39, 0.29) is 0 Å². The van der Waals surface area contributed by atoms with Crippen LogP contribution in [0.15, 0.2) is 0 Å². The predicted octanol–water partition coefficient (Wildman–Crippen LogP) is 3.17. The van der Waals surface area contributed by atoms with E-state index in [1.807, 2.05) is 0 Å². The molecule has 0 saturated heterocycles. The second-order valence-electron chi connectivity index (χ2n) is 5.69. The number of nitrogens with two attached hydrogens (primary N) is 1. The number of rotatable bonds is 10. The van der Waals surface area contributed by atoms with Gasteiger partial charge in [-0.05, 0) is 50.1 Å². The molecule has 2 nitrogen and oxygen atoms in total. The summed E-state index contributed by atoms with van der Waals surface area (Å²) < 4.78 is 0. The lowest BCUT2D eigenvalue weighted by molar-refractivity contribution is 0.323. The molecule has 0 aromatic heterocycles. The zero-order valence-corrected chi connectivity index (χ0v) is 11.8. The van der Waals surface area contributed by atoms with Gasteiger partial charge in [0.05, 0.1) is 0 Å². The minimum atomic E-state index is 0.446. The van der Waals surface area contributed by atoms with Gasteiger partial charge in [0, 0.05) is 6.54 Å². The molecule has 98 valence electrons. The van der Waals surface area contributed by atoms with Crippen molar-refractivity contribution in [1.29, 1.82) is 0 Å². The highest BCUT2D eigenvalue weighted by atomic mass is 14.9. The lowest BCUT2D eigenvalue weighted by Gasteiger charge is -2.23. The minimum absolute atomic E-state index is 0.446. The van der Waals surface area contributed by atoms with Gasteiger partial charge in [-0.3, -0.25) is 0 Å². The van der Waals surface area contributed by atoms with Gasteiger partial charge in [-0.15, -0.1) is 0 Å². The molecule has 0 fully saturated rings. The zero-order valence-electron chi connectivity index (χ0n) is 11.8. The molecule has 0 radical (unpaired) electrons. The summed E-state index contributed by atoms with van der Waals surface area (Å²) in [6, 6.07) is 0. The lowest BCUT2D eigenvalue weighted by Crippen LogP contribution is -2.29. The second-order valence-corrected chi connectivity index (χ2v) is 5.69. The monoisotopic (exact) mass is 228 g/mol. The molecule has 0 amide bonds. The molecule has 1 unspecified atom stereocenters. The molecule has 0 saturated carbocycles. The zero-order chi connectivity index (χ0) is 12.4. The molecule has 0 bridgehead atoms. The van der Waals surface area contributed by atoms with E-state index in [9.17, 15) is 0 Å². The van der Waals surface area contributed by atoms with Crippen LogP contribution in [0.3, 0.4) is 0 Å². The molecule has 2 heteroatoms. The Balaban J connectivity index is 3.45. The normalized spacial score (nSPS) is 14.1. The van der Waals surface area contributed by atoms with Crippen LogP contribution >= 0.6 is 0 Å². The average Bonchev–Trinajstić information content (AvgIpc) is 2.27. The van der Waals surface area contributed by atoms with Gasteiger partial charge in [0.25, 0.3) is 0 Å². The Morgan fingerprint density at radius 3 is 2.38 bits per heavy atom. The Morgan fingerprint density at radius 1 is 1.19 bits per heavy atom. The van der Waals surface area contributed by atoms with Crippen LogP contribution in [0.2, 0.25) is 0 Å². The fourth-order valence-electron chi connectivity index (χ4n) is 1.86. The third kappa shape index (κ3) is 8.12. The smallest absolute Gasteiger partial charge is 0.000241 e. The Kier molecular flexibility index (Phi) is 8.96. The van der Waals surface area contributed by atoms with Crippen LogP contribution < -0.4 is 11.1 Å². The van der Waals surface area contributed by atoms with E-state index in [0.717, 1.165) is 25.6 Å². The standard InChI is InChI=1S/C14H32N2/c1-5-13(9-10-15)8-7-11-16-12-14(3,4)6-2/h13,16H,5-12,15H2,1-4H3. The SMILES string of the molecule is CCC(CCN)CCCNCC(C)(C)CC. The van der Waals surface area contributed by atoms with Crippen LogP contribution in [0.25, 0.3) is 0 Å². The second kappa shape index (κ2) is 9.00. The molecule has 0 aromatic carbocycles. The highest BCUT2D eigenvalue weighted by molar-refractivity contribution is 4.69. The lowest BCUT2D eigenvalue weighted by atomic mass is 9.90. The summed E-state index contributed by atoms with van der Waals surface area (Å²) in [5, 5.41) is 3.57. The third-order valence-corrected chi connectivity index (χ3v) is 3.68. The first-order valence-corrected chi connectivity index (χ1v) is 6.96. The summed E-state index contributed by atoms with van der Waals surface area (Å²) >= 11 is 0. The Morgan fingerprint density at radius 2 is 1.88 bits per heavy atom. The molecule has 0 aliphatic carbocycles. The summed E-state index contributed by atoms with van der Waals surface area (Å²) in [5.41, 5.74) is 6.04. The first-order valence-electron chi connectivity index (χ1n) is 6.96. The summed E-state index contributed by atoms with van der Waals surface area (Å²) in [4.78, 5) is 0. The molecule has 3 N–H and O–H groups in total. The Labute approximate surface area is 102 Å². The highest BCUT2D eigenvalue weighted by Crippen LogP contribution is 2.18. The van der Waals surface area contributed by atoms with Crippen LogP contribution in [0, 0.1) is 11.3 Å². The molecular weight excluding hydrogens is 196 g/mol. The van der Waals surface area contributed by atoms with Crippen molar-refractivity contribution in [3.05, 3.63) is 0 Å². The molecule has 16 heavy (non-hydrogen) atoms. The Hall–Kier alpha value is -0.0800. The third-order valence-electron chi connectivity index (χ3n) is 3.68. The maximum absolute atomic E-state index is 5.59. The van der Waals surface area contributed by atoms with Gasteiger partial charge in [0.2, 0.25) is 0 Å². The maximum atomic E-state index is 5.59. The summed E-state index contributed by atoms with van der Waals surface area (Å²) in [5.74, 6) is 0.839. The van der Waals surface area contributed by atoms with Crippen LogP contribution in [-0.2, 0) is 0 Å². The van der Waals surface area contributed by atoms with E-state index < -0.39 is 0 Å². The van der Waals surface area contributed by atoms with Crippen molar-refractivity contribution in [3.63, 3.8) is 0 Å². The van der Waals surface area contributed by atoms with Crippen molar-refractivity contribution in [1.82, 2.24) is 5.32 Å². The van der Waals surface area contributed by atoms with E-state index in [1.54, 1.807) is 0 Å². The number of hydrogen-bond donors (Lipinski definition) is 2. The first kappa shape index (κ1) is 15.9. The van der Waals surface area contributed by atoms with Crippen molar-refractivity contribution in [2.75, 3.05) is 19.6 Å². The van der Waals surface area contributed by atoms with E-state index >= 15 is 0 Å². The maximum Gasteiger partial charge on any atom is 0.000241 e. The van der Waals surface area contributed by atoms with Crippen LogP contribution in [0.4, 0.5) is 0 Å². The summed E-state index contributed by atoms with van der Waals surface area (Å²) in [7, 11) is 0. The van der Waals surface area contributed by atoms with Crippen molar-refractivity contribution in [3.8, 4) is 0 Å². The fourth-order valence-corrected chi connectivity index (χ4v) is 1.86. The molecule has 0 heterocycles. The van der Waals surface area contributed by atoms with Crippen molar-refractivity contribution >= 4 is 0 Å². The quantitative estimate of drug-likeness (QED) is 0.564. The van der Waals surface area contributed by atoms with Gasteiger partial charge in [0.1, 0.15) is 0 Å². The topological polar surface area (TPSA) is 38.0 Å². The van der Waals surface area contributed by atoms with Gasteiger partial charge in [-0.2, -0.15) is 0 Å². The summed E-state index contributed by atoms with van der Waals surface area (Å²) in [6.45, 7) is 12.3. The molecule has 0 aliphatic rings. The van der Waals surface area contributed by atoms with Gasteiger partial charge in [0.15, 0.2) is 0 Å². The van der Waals surface area contributed by atoms with E-state index in [4.69, 9.17) is 5.73 Å². The van der Waals surface area contributed by atoms with Gasteiger partial charge >= 0.3 is 0 Å². The minimum Gasteiger partial charge on any atom is -0.330 e. The Bertz CT molecular complexity index is 155. The molecular formula is C14H32N2. The summed E-state index contributed by atoms with van der Waals surface area (Å²) in [6.07, 6.45) is 6.32. The number of nitrogens with one attached hydrogen (secondary N) is 1. The van der Waals surface area contributed by atoms with Gasteiger partial charge in [-0.25, -0.2) is 0 Å². The predicted molar refractivity (Wildman–Crippen MR) is 73.6 cm³/mol. The van der Waals surface area contributed by atoms with Crippen molar-refractivity contribution in [2.24, 2.45) is 17.1 Å². The van der Waals surface area contributed by atoms with Crippen molar-refractivity contribution < 1.29 is 0 Å². The van der Waals surface area contributed by atoms with Crippen LogP contribution in [0.1, 0.15) is 59.8 Å². The van der Waals surface area contributed by atoms with Crippen molar-refractivity contribution in [2.45, 2.75) is 59.8 Å². The first-order chi connectivity index (χ1) is 7.55. The fraction of sp³-hybridized carbons (Fsp3) is 1.00. The molecule has 0 spiro atoms. The largest absolute Gasteiger partial charge is 0.330 e. The van der Waals surface area contributed by atoms with E-state index in [1.165, 1.54) is 32.1 Å². The molecule has 0 aromatic rings.